The minimum absolute atomic E-state index is 0.228. The highest BCUT2D eigenvalue weighted by Gasteiger charge is 2.18. The first kappa shape index (κ1) is 18.7. The summed E-state index contributed by atoms with van der Waals surface area (Å²) in [7, 11) is 3.17. The summed E-state index contributed by atoms with van der Waals surface area (Å²) in [6.45, 7) is 1.91. The molecule has 0 aliphatic carbocycles. The monoisotopic (exact) mass is 383 g/mol. The third-order valence-electron chi connectivity index (χ3n) is 4.28. The molecule has 0 saturated heterocycles. The second-order valence-electron chi connectivity index (χ2n) is 5.96. The van der Waals surface area contributed by atoms with Gasteiger partial charge in [-0.25, -0.2) is 0 Å². The third kappa shape index (κ3) is 3.88. The predicted molar refractivity (Wildman–Crippen MR) is 106 cm³/mol. The number of hydrogen-bond acceptors (Lipinski definition) is 4. The Morgan fingerprint density at radius 1 is 1.11 bits per heavy atom. The minimum Gasteiger partial charge on any atom is -0.493 e. The number of aromatic amines is 1. The van der Waals surface area contributed by atoms with Gasteiger partial charge in [-0.2, -0.15) is 0 Å². The number of carbonyl (C=O) groups is 1. The van der Waals surface area contributed by atoms with Gasteiger partial charge in [-0.05, 0) is 49.0 Å². The Labute approximate surface area is 162 Å². The number of amides is 1. The van der Waals surface area contributed by atoms with Gasteiger partial charge in [0.15, 0.2) is 16.3 Å². The summed E-state index contributed by atoms with van der Waals surface area (Å²) < 4.78 is 12.8. The second-order valence-corrected chi connectivity index (χ2v) is 6.35. The summed E-state index contributed by atoms with van der Waals surface area (Å²) in [5, 5.41) is 3.00. The number of carbonyl (C=O) groups excluding carboxylic acids is 1. The van der Waals surface area contributed by atoms with E-state index in [9.17, 15) is 4.79 Å². The topological polar surface area (TPSA) is 68.3 Å². The highest BCUT2D eigenvalue weighted by molar-refractivity contribution is 7.71. The van der Waals surface area contributed by atoms with Crippen LogP contribution < -0.4 is 14.8 Å². The maximum atomic E-state index is 12.9. The summed E-state index contributed by atoms with van der Waals surface area (Å²) in [5.74, 6) is 1.03. The van der Waals surface area contributed by atoms with Crippen LogP contribution >= 0.6 is 12.2 Å². The molecule has 1 aromatic heterocycles. The maximum absolute atomic E-state index is 12.9. The van der Waals surface area contributed by atoms with E-state index in [2.05, 4.69) is 10.3 Å². The zero-order valence-electron chi connectivity index (χ0n) is 15.4. The van der Waals surface area contributed by atoms with Gasteiger partial charge in [0.1, 0.15) is 5.69 Å². The Kier molecular flexibility index (Phi) is 5.61. The van der Waals surface area contributed by atoms with Crippen molar-refractivity contribution in [3.8, 4) is 17.2 Å². The van der Waals surface area contributed by atoms with Crippen molar-refractivity contribution in [3.05, 3.63) is 70.8 Å². The van der Waals surface area contributed by atoms with E-state index in [0.29, 0.717) is 22.0 Å². The van der Waals surface area contributed by atoms with Gasteiger partial charge in [-0.1, -0.05) is 24.3 Å². The number of aromatic nitrogens is 2. The highest BCUT2D eigenvalue weighted by Crippen LogP contribution is 2.30. The molecular weight excluding hydrogens is 362 g/mol. The molecule has 0 bridgehead atoms. The zero-order valence-corrected chi connectivity index (χ0v) is 16.2. The average molecular weight is 383 g/mol. The van der Waals surface area contributed by atoms with Crippen molar-refractivity contribution < 1.29 is 14.3 Å². The zero-order chi connectivity index (χ0) is 19.4. The van der Waals surface area contributed by atoms with Crippen LogP contribution in [0.1, 0.15) is 29.0 Å². The largest absolute Gasteiger partial charge is 0.493 e. The standard InChI is InChI=1S/C20H21N3O3S/c1-13(14-9-10-17(25-2)18(11-14)26-3)22-19(24)16-12-21-20(27)23(16)15-7-5-4-6-8-15/h4-13H,1-3H3,(H,21,27)(H,22,24). The van der Waals surface area contributed by atoms with Crippen LogP contribution in [0.25, 0.3) is 5.69 Å². The molecule has 0 aliphatic rings. The molecule has 0 spiro atoms. The van der Waals surface area contributed by atoms with Crippen LogP contribution in [0.3, 0.4) is 0 Å². The first-order chi connectivity index (χ1) is 13.0. The fourth-order valence-corrected chi connectivity index (χ4v) is 3.11. The van der Waals surface area contributed by atoms with Gasteiger partial charge in [-0.3, -0.25) is 9.36 Å². The third-order valence-corrected chi connectivity index (χ3v) is 4.58. The summed E-state index contributed by atoms with van der Waals surface area (Å²) in [5.41, 5.74) is 2.17. The van der Waals surface area contributed by atoms with Gasteiger partial charge >= 0.3 is 0 Å². The van der Waals surface area contributed by atoms with Gasteiger partial charge in [-0.15, -0.1) is 0 Å². The van der Waals surface area contributed by atoms with Crippen molar-refractivity contribution in [2.75, 3.05) is 14.2 Å². The molecule has 27 heavy (non-hydrogen) atoms. The molecule has 1 heterocycles. The van der Waals surface area contributed by atoms with E-state index in [0.717, 1.165) is 11.3 Å². The minimum atomic E-state index is -0.231. The number of imidazole rings is 1. The van der Waals surface area contributed by atoms with E-state index in [1.54, 1.807) is 25.0 Å². The SMILES string of the molecule is COc1ccc(C(C)NC(=O)c2c[nH]c(=S)n2-c2ccccc2)cc1OC. The van der Waals surface area contributed by atoms with E-state index in [-0.39, 0.29) is 11.9 Å². The molecule has 2 N–H and O–H groups in total. The summed E-state index contributed by atoms with van der Waals surface area (Å²) >= 11 is 5.34. The average Bonchev–Trinajstić information content (AvgIpc) is 3.09. The van der Waals surface area contributed by atoms with Crippen molar-refractivity contribution in [2.24, 2.45) is 0 Å². The van der Waals surface area contributed by atoms with Crippen LogP contribution in [-0.2, 0) is 0 Å². The molecule has 0 saturated carbocycles. The van der Waals surface area contributed by atoms with E-state index in [1.165, 1.54) is 0 Å². The Bertz CT molecular complexity index is 995. The lowest BCUT2D eigenvalue weighted by atomic mass is 10.1. The fraction of sp³-hybridized carbons (Fsp3) is 0.200. The molecule has 2 aromatic carbocycles. The van der Waals surface area contributed by atoms with Crippen molar-refractivity contribution in [1.29, 1.82) is 0 Å². The molecule has 3 aromatic rings. The van der Waals surface area contributed by atoms with Crippen molar-refractivity contribution in [1.82, 2.24) is 14.9 Å². The lowest BCUT2D eigenvalue weighted by Crippen LogP contribution is -2.28. The van der Waals surface area contributed by atoms with Crippen LogP contribution in [0.2, 0.25) is 0 Å². The number of para-hydroxylation sites is 1. The van der Waals surface area contributed by atoms with Crippen molar-refractivity contribution >= 4 is 18.1 Å². The molecular formula is C20H21N3O3S. The molecule has 7 heteroatoms. The Balaban J connectivity index is 1.85. The van der Waals surface area contributed by atoms with Crippen LogP contribution in [-0.4, -0.2) is 29.7 Å². The summed E-state index contributed by atoms with van der Waals surface area (Å²) in [4.78, 5) is 15.8. The van der Waals surface area contributed by atoms with Crippen LogP contribution in [0.15, 0.2) is 54.7 Å². The predicted octanol–water partition coefficient (Wildman–Crippen LogP) is 4.04. The van der Waals surface area contributed by atoms with Crippen molar-refractivity contribution in [3.63, 3.8) is 0 Å². The van der Waals surface area contributed by atoms with Gasteiger partial charge in [0, 0.05) is 11.9 Å². The number of nitrogens with one attached hydrogen (secondary N) is 2. The van der Waals surface area contributed by atoms with E-state index >= 15 is 0 Å². The van der Waals surface area contributed by atoms with E-state index in [1.807, 2.05) is 55.5 Å². The number of rotatable bonds is 6. The quantitative estimate of drug-likeness (QED) is 0.631. The first-order valence-corrected chi connectivity index (χ1v) is 8.84. The summed E-state index contributed by atoms with van der Waals surface area (Å²) in [6.07, 6.45) is 1.62. The molecule has 1 amide bonds. The second kappa shape index (κ2) is 8.09. The lowest BCUT2D eigenvalue weighted by molar-refractivity contribution is 0.0933. The number of nitrogens with zero attached hydrogens (tertiary/aromatic N) is 1. The van der Waals surface area contributed by atoms with Crippen LogP contribution in [0, 0.1) is 4.77 Å². The van der Waals surface area contributed by atoms with Crippen molar-refractivity contribution in [2.45, 2.75) is 13.0 Å². The van der Waals surface area contributed by atoms with Gasteiger partial charge in [0.2, 0.25) is 0 Å². The number of methoxy groups -OCH3 is 2. The molecule has 0 fully saturated rings. The Morgan fingerprint density at radius 3 is 2.48 bits per heavy atom. The Hall–Kier alpha value is -3.06. The maximum Gasteiger partial charge on any atom is 0.270 e. The highest BCUT2D eigenvalue weighted by atomic mass is 32.1. The molecule has 3 rings (SSSR count). The van der Waals surface area contributed by atoms with Crippen LogP contribution in [0.4, 0.5) is 0 Å². The molecule has 1 unspecified atom stereocenters. The first-order valence-electron chi connectivity index (χ1n) is 8.43. The van der Waals surface area contributed by atoms with Gasteiger partial charge in [0.25, 0.3) is 5.91 Å². The molecule has 1 atom stereocenters. The number of hydrogen-bond donors (Lipinski definition) is 2. The summed E-state index contributed by atoms with van der Waals surface area (Å²) in [6, 6.07) is 14.9. The number of ether oxygens (including phenoxy) is 2. The lowest BCUT2D eigenvalue weighted by Gasteiger charge is -2.17. The number of H-pyrrole nitrogens is 1. The molecule has 6 nitrogen and oxygen atoms in total. The van der Waals surface area contributed by atoms with E-state index in [4.69, 9.17) is 21.7 Å². The smallest absolute Gasteiger partial charge is 0.270 e. The Morgan fingerprint density at radius 2 is 1.81 bits per heavy atom. The van der Waals surface area contributed by atoms with Crippen LogP contribution in [0.5, 0.6) is 11.5 Å². The van der Waals surface area contributed by atoms with Gasteiger partial charge < -0.3 is 19.8 Å². The number of benzene rings is 2. The molecule has 0 aliphatic heterocycles. The molecule has 140 valence electrons. The van der Waals surface area contributed by atoms with Gasteiger partial charge in [0.05, 0.1) is 20.3 Å². The normalized spacial score (nSPS) is 11.7. The fourth-order valence-electron chi connectivity index (χ4n) is 2.85. The van der Waals surface area contributed by atoms with E-state index < -0.39 is 0 Å². The molecule has 0 radical (unpaired) electrons.